The number of halogens is 2. The minimum absolute atomic E-state index is 0.0215. The van der Waals surface area contributed by atoms with E-state index in [4.69, 9.17) is 11.6 Å². The standard InChI is InChI=1S/C15H17ClFNO2/c16-11-5-4-8(6-12(11)17)13(19)7-18-15(20)14-9-2-1-3-10(9)14/h4-6,9-10,13-14,19H,1-3,7H2,(H,18,20). The molecular weight excluding hydrogens is 281 g/mol. The summed E-state index contributed by atoms with van der Waals surface area (Å²) in [7, 11) is 0. The van der Waals surface area contributed by atoms with Crippen molar-refractivity contribution in [3.05, 3.63) is 34.6 Å². The average molecular weight is 298 g/mol. The Morgan fingerprint density at radius 3 is 2.80 bits per heavy atom. The minimum atomic E-state index is -0.913. The van der Waals surface area contributed by atoms with Crippen LogP contribution in [-0.4, -0.2) is 17.6 Å². The number of hydrogen-bond acceptors (Lipinski definition) is 2. The van der Waals surface area contributed by atoms with E-state index in [2.05, 4.69) is 5.32 Å². The third-order valence-corrected chi connectivity index (χ3v) is 4.81. The molecule has 2 saturated carbocycles. The van der Waals surface area contributed by atoms with Gasteiger partial charge in [0.25, 0.3) is 0 Å². The van der Waals surface area contributed by atoms with Crippen LogP contribution in [0.2, 0.25) is 5.02 Å². The van der Waals surface area contributed by atoms with Crippen molar-refractivity contribution >= 4 is 17.5 Å². The Balaban J connectivity index is 1.52. The van der Waals surface area contributed by atoms with Crippen LogP contribution >= 0.6 is 11.6 Å². The van der Waals surface area contributed by atoms with E-state index in [1.807, 2.05) is 0 Å². The van der Waals surface area contributed by atoms with Gasteiger partial charge in [-0.25, -0.2) is 4.39 Å². The van der Waals surface area contributed by atoms with E-state index >= 15 is 0 Å². The number of carbonyl (C=O) groups is 1. The molecular formula is C15H17ClFNO2. The lowest BCUT2D eigenvalue weighted by atomic mass is 10.1. The Kier molecular flexibility index (Phi) is 3.69. The highest BCUT2D eigenvalue weighted by atomic mass is 35.5. The third-order valence-electron chi connectivity index (χ3n) is 4.51. The molecule has 0 bridgehead atoms. The maximum Gasteiger partial charge on any atom is 0.223 e. The first-order valence-corrected chi connectivity index (χ1v) is 7.36. The first kappa shape index (κ1) is 13.8. The molecule has 0 aromatic heterocycles. The van der Waals surface area contributed by atoms with Gasteiger partial charge in [-0.3, -0.25) is 4.79 Å². The first-order chi connectivity index (χ1) is 9.58. The smallest absolute Gasteiger partial charge is 0.223 e. The van der Waals surface area contributed by atoms with Gasteiger partial charge in [-0.05, 0) is 42.4 Å². The summed E-state index contributed by atoms with van der Waals surface area (Å²) in [5.41, 5.74) is 0.420. The predicted octanol–water partition coefficient (Wildman–Crippen LogP) is 2.67. The number of carbonyl (C=O) groups excluding carboxylic acids is 1. The molecule has 0 spiro atoms. The van der Waals surface area contributed by atoms with Gasteiger partial charge >= 0.3 is 0 Å². The highest BCUT2D eigenvalue weighted by Crippen LogP contribution is 2.57. The number of fused-ring (bicyclic) bond motifs is 1. The molecule has 5 heteroatoms. The molecule has 3 unspecified atom stereocenters. The molecule has 1 aromatic rings. The number of aliphatic hydroxyl groups is 1. The Morgan fingerprint density at radius 1 is 1.45 bits per heavy atom. The SMILES string of the molecule is O=C(NCC(O)c1ccc(Cl)c(F)c1)C1C2CCCC21. The summed E-state index contributed by atoms with van der Waals surface area (Å²) in [6.45, 7) is 0.107. The van der Waals surface area contributed by atoms with Gasteiger partial charge in [0.05, 0.1) is 11.1 Å². The van der Waals surface area contributed by atoms with Gasteiger partial charge in [-0.15, -0.1) is 0 Å². The molecule has 1 amide bonds. The lowest BCUT2D eigenvalue weighted by Crippen LogP contribution is -2.30. The molecule has 0 heterocycles. The fourth-order valence-corrected chi connectivity index (χ4v) is 3.48. The van der Waals surface area contributed by atoms with Crippen molar-refractivity contribution in [1.29, 1.82) is 0 Å². The van der Waals surface area contributed by atoms with E-state index in [1.54, 1.807) is 6.07 Å². The summed E-state index contributed by atoms with van der Waals surface area (Å²) in [5.74, 6) is 0.706. The maximum absolute atomic E-state index is 13.3. The maximum atomic E-state index is 13.3. The fourth-order valence-electron chi connectivity index (χ4n) is 3.36. The van der Waals surface area contributed by atoms with Crippen LogP contribution < -0.4 is 5.32 Å². The largest absolute Gasteiger partial charge is 0.387 e. The Labute approximate surface area is 122 Å². The predicted molar refractivity (Wildman–Crippen MR) is 73.7 cm³/mol. The molecule has 108 valence electrons. The summed E-state index contributed by atoms with van der Waals surface area (Å²) >= 11 is 5.59. The zero-order chi connectivity index (χ0) is 14.3. The van der Waals surface area contributed by atoms with E-state index < -0.39 is 11.9 Å². The molecule has 1 aromatic carbocycles. The summed E-state index contributed by atoms with van der Waals surface area (Å²) in [6.07, 6.45) is 2.61. The number of benzene rings is 1. The van der Waals surface area contributed by atoms with Crippen molar-refractivity contribution in [3.8, 4) is 0 Å². The van der Waals surface area contributed by atoms with Gasteiger partial charge in [-0.1, -0.05) is 24.1 Å². The minimum Gasteiger partial charge on any atom is -0.387 e. The molecule has 2 N–H and O–H groups in total. The third kappa shape index (κ3) is 2.54. The molecule has 2 aliphatic carbocycles. The van der Waals surface area contributed by atoms with E-state index in [9.17, 15) is 14.3 Å². The molecule has 0 saturated heterocycles. The molecule has 3 rings (SSSR count). The summed E-state index contributed by atoms with van der Waals surface area (Å²) < 4.78 is 13.3. The van der Waals surface area contributed by atoms with Crippen molar-refractivity contribution in [2.45, 2.75) is 25.4 Å². The fraction of sp³-hybridized carbons (Fsp3) is 0.533. The summed E-state index contributed by atoms with van der Waals surface area (Å²) in [6, 6.07) is 4.17. The molecule has 0 aliphatic heterocycles. The van der Waals surface area contributed by atoms with Crippen LogP contribution in [0.5, 0.6) is 0 Å². The highest BCUT2D eigenvalue weighted by molar-refractivity contribution is 6.30. The van der Waals surface area contributed by atoms with Gasteiger partial charge < -0.3 is 10.4 Å². The van der Waals surface area contributed by atoms with Gasteiger partial charge in [0.2, 0.25) is 5.91 Å². The summed E-state index contributed by atoms with van der Waals surface area (Å²) in [4.78, 5) is 12.0. The number of hydrogen-bond donors (Lipinski definition) is 2. The number of aliphatic hydroxyl groups excluding tert-OH is 1. The molecule has 20 heavy (non-hydrogen) atoms. The van der Waals surface area contributed by atoms with E-state index in [-0.39, 0.29) is 23.4 Å². The second-order valence-corrected chi connectivity index (χ2v) is 6.13. The Hall–Kier alpha value is -1.13. The van der Waals surface area contributed by atoms with Crippen LogP contribution in [-0.2, 0) is 4.79 Å². The number of nitrogens with one attached hydrogen (secondary N) is 1. The number of rotatable bonds is 4. The van der Waals surface area contributed by atoms with Crippen molar-refractivity contribution in [1.82, 2.24) is 5.32 Å². The molecule has 2 aliphatic rings. The van der Waals surface area contributed by atoms with E-state index in [0.717, 1.165) is 12.8 Å². The van der Waals surface area contributed by atoms with E-state index in [0.29, 0.717) is 17.4 Å². The van der Waals surface area contributed by atoms with Crippen LogP contribution in [0.25, 0.3) is 0 Å². The molecule has 3 atom stereocenters. The monoisotopic (exact) mass is 297 g/mol. The van der Waals surface area contributed by atoms with Crippen LogP contribution in [0.3, 0.4) is 0 Å². The van der Waals surface area contributed by atoms with Gasteiger partial charge in [0, 0.05) is 12.5 Å². The summed E-state index contributed by atoms with van der Waals surface area (Å²) in [5, 5.41) is 12.8. The number of amides is 1. The van der Waals surface area contributed by atoms with Crippen LogP contribution in [0.15, 0.2) is 18.2 Å². The van der Waals surface area contributed by atoms with Crippen LogP contribution in [0.4, 0.5) is 4.39 Å². The Morgan fingerprint density at radius 2 is 2.15 bits per heavy atom. The average Bonchev–Trinajstić information content (AvgIpc) is 2.92. The second kappa shape index (κ2) is 5.34. The lowest BCUT2D eigenvalue weighted by Gasteiger charge is -2.13. The first-order valence-electron chi connectivity index (χ1n) is 6.98. The molecule has 0 radical (unpaired) electrons. The van der Waals surface area contributed by atoms with Crippen LogP contribution in [0.1, 0.15) is 30.9 Å². The van der Waals surface area contributed by atoms with Crippen molar-refractivity contribution in [2.24, 2.45) is 17.8 Å². The van der Waals surface area contributed by atoms with E-state index in [1.165, 1.54) is 18.6 Å². The lowest BCUT2D eigenvalue weighted by molar-refractivity contribution is -0.123. The van der Waals surface area contributed by atoms with Crippen molar-refractivity contribution < 1.29 is 14.3 Å². The van der Waals surface area contributed by atoms with Gasteiger partial charge in [0.1, 0.15) is 5.82 Å². The van der Waals surface area contributed by atoms with Crippen LogP contribution in [0, 0.1) is 23.6 Å². The zero-order valence-corrected chi connectivity index (χ0v) is 11.7. The Bertz CT molecular complexity index is 527. The highest BCUT2D eigenvalue weighted by Gasteiger charge is 2.56. The normalized spacial score (nSPS) is 28.9. The second-order valence-electron chi connectivity index (χ2n) is 5.72. The molecule has 2 fully saturated rings. The van der Waals surface area contributed by atoms with Crippen molar-refractivity contribution in [2.75, 3.05) is 6.54 Å². The van der Waals surface area contributed by atoms with Gasteiger partial charge in [-0.2, -0.15) is 0 Å². The van der Waals surface area contributed by atoms with Crippen molar-refractivity contribution in [3.63, 3.8) is 0 Å². The zero-order valence-electron chi connectivity index (χ0n) is 11.0. The van der Waals surface area contributed by atoms with Gasteiger partial charge in [0.15, 0.2) is 0 Å². The molecule has 3 nitrogen and oxygen atoms in total. The topological polar surface area (TPSA) is 49.3 Å². The quantitative estimate of drug-likeness (QED) is 0.898.